The molecule has 6 heteroatoms. The van der Waals surface area contributed by atoms with Gasteiger partial charge in [-0.3, -0.25) is 0 Å². The Morgan fingerprint density at radius 2 is 2.06 bits per heavy atom. The van der Waals surface area contributed by atoms with Crippen LogP contribution in [-0.2, 0) is 0 Å². The summed E-state index contributed by atoms with van der Waals surface area (Å²) in [5, 5.41) is 3.90. The minimum absolute atomic E-state index is 0.00398. The minimum Gasteiger partial charge on any atom is -0.309 e. The molecule has 1 atom stereocenters. The molecule has 0 radical (unpaired) electrons. The van der Waals surface area contributed by atoms with Crippen LogP contribution in [0.5, 0.6) is 0 Å². The van der Waals surface area contributed by atoms with Crippen molar-refractivity contribution >= 4 is 54.8 Å². The molecule has 0 aliphatic rings. The van der Waals surface area contributed by atoms with E-state index in [-0.39, 0.29) is 11.9 Å². The van der Waals surface area contributed by atoms with Crippen molar-refractivity contribution < 1.29 is 4.39 Å². The van der Waals surface area contributed by atoms with E-state index in [2.05, 4.69) is 37.2 Å². The zero-order valence-electron chi connectivity index (χ0n) is 9.31. The number of thiophene rings is 1. The number of hydrogen-bond acceptors (Lipinski definition) is 2. The first-order valence-electron chi connectivity index (χ1n) is 5.10. The molecule has 0 aliphatic heterocycles. The molecule has 0 saturated heterocycles. The van der Waals surface area contributed by atoms with Gasteiger partial charge in [0.1, 0.15) is 5.82 Å². The third-order valence-electron chi connectivity index (χ3n) is 2.51. The fourth-order valence-corrected chi connectivity index (χ4v) is 3.95. The average Bonchev–Trinajstić information content (AvgIpc) is 2.65. The molecule has 1 nitrogen and oxygen atoms in total. The van der Waals surface area contributed by atoms with E-state index >= 15 is 0 Å². The van der Waals surface area contributed by atoms with Gasteiger partial charge in [0, 0.05) is 4.88 Å². The Morgan fingerprint density at radius 1 is 1.33 bits per heavy atom. The maximum Gasteiger partial charge on any atom is 0.137 e. The molecule has 0 fully saturated rings. The van der Waals surface area contributed by atoms with Crippen molar-refractivity contribution in [2.75, 3.05) is 7.05 Å². The lowest BCUT2D eigenvalue weighted by Gasteiger charge is -2.15. The van der Waals surface area contributed by atoms with Gasteiger partial charge in [0.2, 0.25) is 0 Å². The summed E-state index contributed by atoms with van der Waals surface area (Å²) in [7, 11) is 1.86. The van der Waals surface area contributed by atoms with Gasteiger partial charge in [0.25, 0.3) is 0 Å². The average molecular weight is 414 g/mol. The van der Waals surface area contributed by atoms with Gasteiger partial charge in [-0.15, -0.1) is 11.3 Å². The van der Waals surface area contributed by atoms with Crippen LogP contribution in [0.15, 0.2) is 32.5 Å². The van der Waals surface area contributed by atoms with Crippen molar-refractivity contribution in [2.24, 2.45) is 0 Å². The van der Waals surface area contributed by atoms with Gasteiger partial charge in [0.05, 0.1) is 19.3 Å². The minimum atomic E-state index is -0.265. The highest BCUT2D eigenvalue weighted by Gasteiger charge is 2.17. The number of rotatable bonds is 3. The monoisotopic (exact) mass is 411 g/mol. The molecule has 1 aromatic carbocycles. The Kier molecular flexibility index (Phi) is 4.83. The van der Waals surface area contributed by atoms with Gasteiger partial charge in [-0.1, -0.05) is 17.7 Å². The van der Waals surface area contributed by atoms with Crippen molar-refractivity contribution in [3.8, 4) is 0 Å². The lowest BCUT2D eigenvalue weighted by molar-refractivity contribution is 0.617. The van der Waals surface area contributed by atoms with Crippen molar-refractivity contribution in [1.29, 1.82) is 0 Å². The highest BCUT2D eigenvalue weighted by atomic mass is 79.9. The molecular weight excluding hydrogens is 404 g/mol. The van der Waals surface area contributed by atoms with Crippen LogP contribution in [-0.4, -0.2) is 7.05 Å². The predicted molar refractivity (Wildman–Crippen MR) is 82.0 cm³/mol. The molecule has 18 heavy (non-hydrogen) atoms. The smallest absolute Gasteiger partial charge is 0.137 e. The standard InChI is InChI=1S/C12H9Br2ClFNS/c1-17-11(10-5-8(15)12(14)18-10)6-2-3-9(16)7(13)4-6/h2-5,11,17H,1H3. The van der Waals surface area contributed by atoms with Crippen LogP contribution in [0.1, 0.15) is 16.5 Å². The fraction of sp³-hybridized carbons (Fsp3) is 0.167. The number of nitrogens with one attached hydrogen (secondary N) is 1. The molecule has 0 spiro atoms. The molecule has 0 saturated carbocycles. The topological polar surface area (TPSA) is 12.0 Å². The highest BCUT2D eigenvalue weighted by Crippen LogP contribution is 2.37. The first-order valence-corrected chi connectivity index (χ1v) is 7.88. The lowest BCUT2D eigenvalue weighted by Crippen LogP contribution is -2.16. The van der Waals surface area contributed by atoms with Crippen LogP contribution >= 0.6 is 54.8 Å². The molecule has 2 rings (SSSR count). The summed E-state index contributed by atoms with van der Waals surface area (Å²) in [6, 6.07) is 6.90. The van der Waals surface area contributed by atoms with E-state index in [9.17, 15) is 4.39 Å². The van der Waals surface area contributed by atoms with E-state index in [1.807, 2.05) is 13.1 Å². The Hall–Kier alpha value is 0.0600. The Bertz CT molecular complexity index is 554. The zero-order chi connectivity index (χ0) is 13.3. The van der Waals surface area contributed by atoms with E-state index in [1.165, 1.54) is 6.07 Å². The number of halogens is 4. The number of hydrogen-bond donors (Lipinski definition) is 1. The van der Waals surface area contributed by atoms with E-state index in [4.69, 9.17) is 11.6 Å². The number of benzene rings is 1. The van der Waals surface area contributed by atoms with Gasteiger partial charge in [-0.05, 0) is 62.7 Å². The summed E-state index contributed by atoms with van der Waals surface area (Å²) in [6.07, 6.45) is 0. The van der Waals surface area contributed by atoms with Crippen LogP contribution in [0.2, 0.25) is 5.02 Å². The third kappa shape index (κ3) is 2.96. The predicted octanol–water partition coefficient (Wildman–Crippen LogP) is 5.37. The summed E-state index contributed by atoms with van der Waals surface area (Å²) < 4.78 is 14.6. The molecule has 1 heterocycles. The Balaban J connectivity index is 2.41. The molecule has 1 N–H and O–H groups in total. The van der Waals surface area contributed by atoms with Gasteiger partial charge >= 0.3 is 0 Å². The highest BCUT2D eigenvalue weighted by molar-refractivity contribution is 9.11. The van der Waals surface area contributed by atoms with E-state index in [1.54, 1.807) is 23.5 Å². The summed E-state index contributed by atoms with van der Waals surface area (Å²) >= 11 is 14.2. The third-order valence-corrected chi connectivity index (χ3v) is 5.66. The van der Waals surface area contributed by atoms with Crippen molar-refractivity contribution in [3.05, 3.63) is 53.8 Å². The molecule has 2 aromatic rings. The summed E-state index contributed by atoms with van der Waals surface area (Å²) in [4.78, 5) is 1.08. The molecule has 0 aliphatic carbocycles. The molecule has 0 amide bonds. The van der Waals surface area contributed by atoms with E-state index < -0.39 is 0 Å². The molecule has 1 aromatic heterocycles. The van der Waals surface area contributed by atoms with Gasteiger partial charge in [-0.2, -0.15) is 0 Å². The fourth-order valence-electron chi connectivity index (χ4n) is 1.67. The quantitative estimate of drug-likeness (QED) is 0.713. The Morgan fingerprint density at radius 3 is 2.56 bits per heavy atom. The molecular formula is C12H9Br2ClFNS. The summed E-state index contributed by atoms with van der Waals surface area (Å²) in [5.41, 5.74) is 0.983. The van der Waals surface area contributed by atoms with Gasteiger partial charge in [0.15, 0.2) is 0 Å². The van der Waals surface area contributed by atoms with Crippen molar-refractivity contribution in [1.82, 2.24) is 5.32 Å². The van der Waals surface area contributed by atoms with Crippen LogP contribution in [0.4, 0.5) is 4.39 Å². The van der Waals surface area contributed by atoms with Crippen LogP contribution in [0.3, 0.4) is 0 Å². The molecule has 96 valence electrons. The second kappa shape index (κ2) is 6.01. The van der Waals surface area contributed by atoms with Crippen LogP contribution in [0.25, 0.3) is 0 Å². The summed E-state index contributed by atoms with van der Waals surface area (Å²) in [5.74, 6) is -0.265. The second-order valence-corrected chi connectivity index (χ2v) is 7.33. The van der Waals surface area contributed by atoms with E-state index in [0.717, 1.165) is 14.2 Å². The first-order chi connectivity index (χ1) is 8.52. The largest absolute Gasteiger partial charge is 0.309 e. The molecule has 1 unspecified atom stereocenters. The second-order valence-electron chi connectivity index (χ2n) is 3.67. The lowest BCUT2D eigenvalue weighted by atomic mass is 10.1. The van der Waals surface area contributed by atoms with Gasteiger partial charge < -0.3 is 5.32 Å². The maximum absolute atomic E-state index is 13.2. The SMILES string of the molecule is CNC(c1ccc(F)c(Br)c1)c1cc(Cl)c(Br)s1. The van der Waals surface area contributed by atoms with Crippen LogP contribution in [0, 0.1) is 5.82 Å². The normalized spacial score (nSPS) is 12.7. The van der Waals surface area contributed by atoms with Crippen molar-refractivity contribution in [3.63, 3.8) is 0 Å². The van der Waals surface area contributed by atoms with Crippen LogP contribution < -0.4 is 5.32 Å². The Labute approximate surface area is 131 Å². The first kappa shape index (κ1) is 14.5. The summed E-state index contributed by atoms with van der Waals surface area (Å²) in [6.45, 7) is 0. The molecule has 0 bridgehead atoms. The maximum atomic E-state index is 13.2. The van der Waals surface area contributed by atoms with Gasteiger partial charge in [-0.25, -0.2) is 4.39 Å². The zero-order valence-corrected chi connectivity index (χ0v) is 14.1. The van der Waals surface area contributed by atoms with E-state index in [0.29, 0.717) is 9.50 Å². The van der Waals surface area contributed by atoms with Crippen molar-refractivity contribution in [2.45, 2.75) is 6.04 Å².